The van der Waals surface area contributed by atoms with Gasteiger partial charge in [0.1, 0.15) is 6.61 Å². The van der Waals surface area contributed by atoms with Crippen molar-refractivity contribution >= 4 is 17.0 Å². The third kappa shape index (κ3) is 4.19. The number of nitrogens with two attached hydrogens (primary N) is 2. The standard InChI is InChI=1S/C11H16N2O4S/c12-6-9(10(13)18(15)16)11(14)17-7-8-4-2-1-3-5-8/h1-5,9-10H,6-7,12-13H2,(H,15,16)/p-1. The number of carbonyl (C=O) groups excluding carboxylic acids is 1. The molecule has 0 heterocycles. The van der Waals surface area contributed by atoms with E-state index in [1.165, 1.54) is 0 Å². The lowest BCUT2D eigenvalue weighted by Gasteiger charge is -2.22. The molecule has 100 valence electrons. The molecule has 7 heteroatoms. The topological polar surface area (TPSA) is 118 Å². The molecule has 6 nitrogen and oxygen atoms in total. The van der Waals surface area contributed by atoms with Gasteiger partial charge in [-0.1, -0.05) is 30.3 Å². The average molecular weight is 271 g/mol. The first kappa shape index (κ1) is 14.8. The molecule has 3 atom stereocenters. The number of benzene rings is 1. The van der Waals surface area contributed by atoms with Crippen LogP contribution in [0.25, 0.3) is 0 Å². The molecule has 0 aliphatic carbocycles. The Hall–Kier alpha value is -1.28. The highest BCUT2D eigenvalue weighted by molar-refractivity contribution is 7.79. The van der Waals surface area contributed by atoms with Gasteiger partial charge in [-0.2, -0.15) is 0 Å². The third-order valence-electron chi connectivity index (χ3n) is 2.40. The Balaban J connectivity index is 2.56. The third-order valence-corrected chi connectivity index (χ3v) is 3.17. The summed E-state index contributed by atoms with van der Waals surface area (Å²) in [5.74, 6) is -1.76. The molecule has 0 fully saturated rings. The lowest BCUT2D eigenvalue weighted by molar-refractivity contribution is -0.149. The Kier molecular flexibility index (Phi) is 5.93. The summed E-state index contributed by atoms with van der Waals surface area (Å²) in [7, 11) is 0. The summed E-state index contributed by atoms with van der Waals surface area (Å²) in [4.78, 5) is 11.6. The number of ether oxygens (including phenoxy) is 1. The van der Waals surface area contributed by atoms with E-state index in [9.17, 15) is 13.6 Å². The zero-order valence-corrected chi connectivity index (χ0v) is 10.5. The Morgan fingerprint density at radius 2 is 2.00 bits per heavy atom. The molecular weight excluding hydrogens is 256 g/mol. The van der Waals surface area contributed by atoms with Crippen LogP contribution in [-0.4, -0.2) is 26.6 Å². The number of rotatable bonds is 6. The van der Waals surface area contributed by atoms with Gasteiger partial charge in [-0.3, -0.25) is 9.00 Å². The van der Waals surface area contributed by atoms with E-state index in [2.05, 4.69) is 0 Å². The lowest BCUT2D eigenvalue weighted by Crippen LogP contribution is -2.43. The Morgan fingerprint density at radius 3 is 2.50 bits per heavy atom. The number of hydrogen-bond donors (Lipinski definition) is 2. The fourth-order valence-electron chi connectivity index (χ4n) is 1.33. The van der Waals surface area contributed by atoms with Crippen LogP contribution in [0.1, 0.15) is 5.56 Å². The van der Waals surface area contributed by atoms with E-state index >= 15 is 0 Å². The first-order valence-corrected chi connectivity index (χ1v) is 6.44. The van der Waals surface area contributed by atoms with Crippen LogP contribution in [-0.2, 0) is 27.2 Å². The van der Waals surface area contributed by atoms with Crippen molar-refractivity contribution in [2.75, 3.05) is 6.54 Å². The average Bonchev–Trinajstić information content (AvgIpc) is 2.38. The van der Waals surface area contributed by atoms with Crippen molar-refractivity contribution in [3.8, 4) is 0 Å². The number of carbonyl (C=O) groups is 1. The van der Waals surface area contributed by atoms with Gasteiger partial charge in [0.25, 0.3) is 0 Å². The van der Waals surface area contributed by atoms with Gasteiger partial charge in [-0.25, -0.2) is 0 Å². The molecule has 0 spiro atoms. The van der Waals surface area contributed by atoms with Gasteiger partial charge >= 0.3 is 5.97 Å². The van der Waals surface area contributed by atoms with Crippen molar-refractivity contribution in [3.63, 3.8) is 0 Å². The largest absolute Gasteiger partial charge is 0.771 e. The molecule has 4 N–H and O–H groups in total. The van der Waals surface area contributed by atoms with Crippen molar-refractivity contribution in [1.82, 2.24) is 0 Å². The molecule has 0 aliphatic heterocycles. The maximum Gasteiger partial charge on any atom is 0.313 e. The van der Waals surface area contributed by atoms with E-state index in [1.54, 1.807) is 12.1 Å². The molecule has 0 bridgehead atoms. The summed E-state index contributed by atoms with van der Waals surface area (Å²) in [5.41, 5.74) is 11.5. The summed E-state index contributed by atoms with van der Waals surface area (Å²) in [6.45, 7) is -0.114. The molecule has 0 aromatic heterocycles. The molecule has 1 rings (SSSR count). The van der Waals surface area contributed by atoms with Crippen molar-refractivity contribution < 1.29 is 18.3 Å². The molecule has 0 amide bonds. The Bertz CT molecular complexity index is 413. The molecule has 1 aromatic carbocycles. The summed E-state index contributed by atoms with van der Waals surface area (Å²) < 4.78 is 26.4. The predicted octanol–water partition coefficient (Wildman–Crippen LogP) is -0.531. The van der Waals surface area contributed by atoms with Crippen LogP contribution in [0.3, 0.4) is 0 Å². The SMILES string of the molecule is NCC(C(=O)OCc1ccccc1)C(N)S(=O)[O-]. The van der Waals surface area contributed by atoms with Crippen molar-refractivity contribution in [3.05, 3.63) is 35.9 Å². The van der Waals surface area contributed by atoms with E-state index in [0.717, 1.165) is 5.56 Å². The fraction of sp³-hybridized carbons (Fsp3) is 0.364. The van der Waals surface area contributed by atoms with Gasteiger partial charge in [0.15, 0.2) is 0 Å². The van der Waals surface area contributed by atoms with Gasteiger partial charge in [-0.15, -0.1) is 0 Å². The lowest BCUT2D eigenvalue weighted by atomic mass is 10.1. The van der Waals surface area contributed by atoms with Crippen molar-refractivity contribution in [2.24, 2.45) is 17.4 Å². The second-order valence-corrected chi connectivity index (χ2v) is 4.73. The summed E-state index contributed by atoms with van der Waals surface area (Å²) in [6.07, 6.45) is 0. The van der Waals surface area contributed by atoms with Gasteiger partial charge in [0.2, 0.25) is 0 Å². The maximum absolute atomic E-state index is 11.6. The molecule has 0 radical (unpaired) electrons. The minimum atomic E-state index is -2.56. The second-order valence-electron chi connectivity index (χ2n) is 3.66. The monoisotopic (exact) mass is 271 g/mol. The molecule has 18 heavy (non-hydrogen) atoms. The van der Waals surface area contributed by atoms with E-state index in [1.807, 2.05) is 18.2 Å². The van der Waals surface area contributed by atoms with Gasteiger partial charge in [-0.05, 0) is 16.6 Å². The quantitative estimate of drug-likeness (QED) is 0.530. The van der Waals surface area contributed by atoms with Crippen LogP contribution < -0.4 is 11.5 Å². The van der Waals surface area contributed by atoms with Gasteiger partial charge in [0.05, 0.1) is 11.3 Å². The van der Waals surface area contributed by atoms with Crippen LogP contribution in [0.4, 0.5) is 0 Å². The maximum atomic E-state index is 11.6. The molecule has 3 unspecified atom stereocenters. The van der Waals surface area contributed by atoms with Crippen LogP contribution in [0, 0.1) is 5.92 Å². The van der Waals surface area contributed by atoms with E-state index in [0.29, 0.717) is 0 Å². The summed E-state index contributed by atoms with van der Waals surface area (Å²) in [5, 5.41) is -1.35. The molecule has 0 saturated carbocycles. The molecular formula is C11H15N2O4S-. The molecule has 1 aromatic rings. The highest BCUT2D eigenvalue weighted by Crippen LogP contribution is 2.08. The molecule has 0 aliphatic rings. The predicted molar refractivity (Wildman–Crippen MR) is 65.7 cm³/mol. The normalized spacial score (nSPS) is 15.7. The van der Waals surface area contributed by atoms with Gasteiger partial charge in [0, 0.05) is 6.54 Å². The van der Waals surface area contributed by atoms with Crippen LogP contribution in [0.5, 0.6) is 0 Å². The Morgan fingerprint density at radius 1 is 1.39 bits per heavy atom. The number of esters is 1. The second kappa shape index (κ2) is 7.22. The Labute approximate surface area is 108 Å². The summed E-state index contributed by atoms with van der Waals surface area (Å²) in [6, 6.07) is 9.03. The minimum Gasteiger partial charge on any atom is -0.771 e. The molecule has 0 saturated heterocycles. The van der Waals surface area contributed by atoms with Crippen molar-refractivity contribution in [1.29, 1.82) is 0 Å². The smallest absolute Gasteiger partial charge is 0.313 e. The van der Waals surface area contributed by atoms with Crippen LogP contribution in [0.2, 0.25) is 0 Å². The van der Waals surface area contributed by atoms with E-state index in [-0.39, 0.29) is 13.2 Å². The summed E-state index contributed by atoms with van der Waals surface area (Å²) >= 11 is -2.56. The van der Waals surface area contributed by atoms with Crippen molar-refractivity contribution in [2.45, 2.75) is 12.0 Å². The van der Waals surface area contributed by atoms with Crippen LogP contribution >= 0.6 is 0 Å². The fourth-order valence-corrected chi connectivity index (χ4v) is 1.82. The first-order valence-electron chi connectivity index (χ1n) is 5.30. The zero-order valence-electron chi connectivity index (χ0n) is 9.65. The number of hydrogen-bond acceptors (Lipinski definition) is 6. The first-order chi connectivity index (χ1) is 8.56. The van der Waals surface area contributed by atoms with E-state index < -0.39 is 28.3 Å². The minimum absolute atomic E-state index is 0.0639. The van der Waals surface area contributed by atoms with Gasteiger partial charge < -0.3 is 20.8 Å². The zero-order chi connectivity index (χ0) is 13.5. The van der Waals surface area contributed by atoms with E-state index in [4.69, 9.17) is 16.2 Å². The van der Waals surface area contributed by atoms with Crippen LogP contribution in [0.15, 0.2) is 30.3 Å². The highest BCUT2D eigenvalue weighted by Gasteiger charge is 2.26. The highest BCUT2D eigenvalue weighted by atomic mass is 32.2.